The molecule has 1 saturated heterocycles. The molecule has 0 amide bonds. The van der Waals surface area contributed by atoms with E-state index in [1.54, 1.807) is 0 Å². The number of hydrogen-bond acceptors (Lipinski definition) is 7. The van der Waals surface area contributed by atoms with Gasteiger partial charge in [0.2, 0.25) is 5.89 Å². The molecule has 114 valence electrons. The van der Waals surface area contributed by atoms with Gasteiger partial charge in [0, 0.05) is 6.04 Å². The number of rotatable bonds is 5. The summed E-state index contributed by atoms with van der Waals surface area (Å²) in [5, 5.41) is 7.28. The third kappa shape index (κ3) is 4.62. The van der Waals surface area contributed by atoms with Crippen LogP contribution in [0.2, 0.25) is 0 Å². The Hall–Kier alpha value is -1.39. The van der Waals surface area contributed by atoms with Crippen LogP contribution in [-0.2, 0) is 9.47 Å². The van der Waals surface area contributed by atoms with Gasteiger partial charge in [0.15, 0.2) is 0 Å². The van der Waals surface area contributed by atoms with Crippen LogP contribution in [0.25, 0.3) is 0 Å². The van der Waals surface area contributed by atoms with E-state index in [1.165, 1.54) is 0 Å². The van der Waals surface area contributed by atoms with Crippen LogP contribution in [0.4, 0.5) is 13.2 Å². The average molecular weight is 297 g/mol. The van der Waals surface area contributed by atoms with Crippen LogP contribution in [0.5, 0.6) is 6.08 Å². The van der Waals surface area contributed by atoms with Crippen LogP contribution in [0.15, 0.2) is 4.42 Å². The molecule has 1 aliphatic rings. The summed E-state index contributed by atoms with van der Waals surface area (Å²) in [6.07, 6.45) is -3.85. The second kappa shape index (κ2) is 6.37. The Kier molecular flexibility index (Phi) is 4.78. The third-order valence-electron chi connectivity index (χ3n) is 2.58. The predicted octanol–water partition coefficient (Wildman–Crippen LogP) is 1.16. The molecule has 2 atom stereocenters. The Balaban J connectivity index is 1.75. The number of ether oxygens (including phenoxy) is 3. The zero-order valence-electron chi connectivity index (χ0n) is 10.4. The summed E-state index contributed by atoms with van der Waals surface area (Å²) in [5.74, 6) is 0.226. The molecule has 0 saturated carbocycles. The number of nitrogens with two attached hydrogens (primary N) is 1. The standard InChI is InChI=1S/C10H14F3N3O4/c11-10(12,13)19-4-3-17-9-16-15-8(20-9)7-2-1-6(14)5-18-7/h6-7H,1-5,14H2. The van der Waals surface area contributed by atoms with Gasteiger partial charge in [0.25, 0.3) is 0 Å². The number of aromatic nitrogens is 2. The number of hydrogen-bond donors (Lipinski definition) is 1. The zero-order valence-corrected chi connectivity index (χ0v) is 10.4. The van der Waals surface area contributed by atoms with Crippen LogP contribution < -0.4 is 10.5 Å². The summed E-state index contributed by atoms with van der Waals surface area (Å²) in [6, 6.07) is -0.00981. The molecule has 0 spiro atoms. The van der Waals surface area contributed by atoms with Crippen molar-refractivity contribution in [2.24, 2.45) is 5.73 Å². The van der Waals surface area contributed by atoms with Gasteiger partial charge >= 0.3 is 12.4 Å². The number of halogens is 3. The molecule has 0 radical (unpaired) electrons. The first-order valence-electron chi connectivity index (χ1n) is 5.98. The Labute approximate surface area is 112 Å². The van der Waals surface area contributed by atoms with Crippen molar-refractivity contribution in [1.82, 2.24) is 10.2 Å². The summed E-state index contributed by atoms with van der Waals surface area (Å²) in [5.41, 5.74) is 5.67. The molecular formula is C10H14F3N3O4. The van der Waals surface area contributed by atoms with E-state index in [4.69, 9.17) is 19.6 Å². The Bertz CT molecular complexity index is 418. The first-order valence-corrected chi connectivity index (χ1v) is 5.98. The SMILES string of the molecule is NC1CCC(c2nnc(OCCOC(F)(F)F)o2)OC1. The minimum atomic E-state index is -4.68. The van der Waals surface area contributed by atoms with E-state index in [2.05, 4.69) is 14.9 Å². The Morgan fingerprint density at radius 1 is 1.25 bits per heavy atom. The summed E-state index contributed by atoms with van der Waals surface area (Å²) in [7, 11) is 0. The fraction of sp³-hybridized carbons (Fsp3) is 0.800. The highest BCUT2D eigenvalue weighted by Gasteiger charge is 2.29. The molecule has 20 heavy (non-hydrogen) atoms. The van der Waals surface area contributed by atoms with E-state index in [0.717, 1.165) is 6.42 Å². The topological polar surface area (TPSA) is 92.6 Å². The summed E-state index contributed by atoms with van der Waals surface area (Å²) in [4.78, 5) is 0. The molecule has 1 aromatic heterocycles. The van der Waals surface area contributed by atoms with Gasteiger partial charge < -0.3 is 19.6 Å². The molecule has 0 aromatic carbocycles. The summed E-state index contributed by atoms with van der Waals surface area (Å²) < 4.78 is 54.0. The van der Waals surface area contributed by atoms with E-state index in [9.17, 15) is 13.2 Å². The number of nitrogens with zero attached hydrogens (tertiary/aromatic N) is 2. The van der Waals surface area contributed by atoms with Gasteiger partial charge in [0.1, 0.15) is 12.7 Å². The van der Waals surface area contributed by atoms with Crippen molar-refractivity contribution in [2.45, 2.75) is 31.3 Å². The van der Waals surface area contributed by atoms with Crippen molar-refractivity contribution in [3.8, 4) is 6.08 Å². The molecule has 1 fully saturated rings. The maximum Gasteiger partial charge on any atom is 0.522 e. The van der Waals surface area contributed by atoms with Crippen LogP contribution in [0.1, 0.15) is 24.8 Å². The minimum Gasteiger partial charge on any atom is -0.447 e. The third-order valence-corrected chi connectivity index (χ3v) is 2.58. The summed E-state index contributed by atoms with van der Waals surface area (Å²) >= 11 is 0. The first kappa shape index (κ1) is 15.0. The van der Waals surface area contributed by atoms with Crippen LogP contribution in [-0.4, -0.2) is 42.4 Å². The molecule has 0 bridgehead atoms. The quantitative estimate of drug-likeness (QED) is 0.815. The number of alkyl halides is 3. The molecule has 1 aromatic rings. The second-order valence-corrected chi connectivity index (χ2v) is 4.21. The Morgan fingerprint density at radius 3 is 2.70 bits per heavy atom. The Morgan fingerprint density at radius 2 is 2.05 bits per heavy atom. The smallest absolute Gasteiger partial charge is 0.447 e. The van der Waals surface area contributed by atoms with Gasteiger partial charge in [-0.2, -0.15) is 0 Å². The molecular weight excluding hydrogens is 283 g/mol. The van der Waals surface area contributed by atoms with Crippen molar-refractivity contribution in [2.75, 3.05) is 19.8 Å². The lowest BCUT2D eigenvalue weighted by Crippen LogP contribution is -2.32. The van der Waals surface area contributed by atoms with Gasteiger partial charge in [0.05, 0.1) is 13.2 Å². The predicted molar refractivity (Wildman–Crippen MR) is 57.7 cm³/mol. The molecule has 7 nitrogen and oxygen atoms in total. The maximum atomic E-state index is 11.7. The average Bonchev–Trinajstić information content (AvgIpc) is 2.83. The van der Waals surface area contributed by atoms with Gasteiger partial charge in [-0.15, -0.1) is 18.3 Å². The molecule has 1 aliphatic heterocycles. The zero-order chi connectivity index (χ0) is 14.6. The van der Waals surface area contributed by atoms with Crippen molar-refractivity contribution >= 4 is 0 Å². The van der Waals surface area contributed by atoms with E-state index in [-0.39, 0.29) is 30.7 Å². The highest BCUT2D eigenvalue weighted by molar-refractivity contribution is 4.92. The fourth-order valence-corrected chi connectivity index (χ4v) is 1.66. The van der Waals surface area contributed by atoms with Crippen molar-refractivity contribution < 1.29 is 31.8 Å². The van der Waals surface area contributed by atoms with Crippen molar-refractivity contribution in [3.63, 3.8) is 0 Å². The highest BCUT2D eigenvalue weighted by Crippen LogP contribution is 2.27. The van der Waals surface area contributed by atoms with E-state index in [0.29, 0.717) is 13.0 Å². The lowest BCUT2D eigenvalue weighted by Gasteiger charge is -2.23. The van der Waals surface area contributed by atoms with Crippen LogP contribution >= 0.6 is 0 Å². The van der Waals surface area contributed by atoms with Gasteiger partial charge in [-0.1, -0.05) is 5.10 Å². The first-order chi connectivity index (χ1) is 9.44. The largest absolute Gasteiger partial charge is 0.522 e. The van der Waals surface area contributed by atoms with Gasteiger partial charge in [-0.25, -0.2) is 0 Å². The van der Waals surface area contributed by atoms with E-state index < -0.39 is 13.0 Å². The van der Waals surface area contributed by atoms with Crippen LogP contribution in [0.3, 0.4) is 0 Å². The van der Waals surface area contributed by atoms with Gasteiger partial charge in [-0.05, 0) is 12.8 Å². The molecule has 2 unspecified atom stereocenters. The molecule has 10 heteroatoms. The lowest BCUT2D eigenvalue weighted by molar-refractivity contribution is -0.325. The second-order valence-electron chi connectivity index (χ2n) is 4.21. The van der Waals surface area contributed by atoms with E-state index in [1.807, 2.05) is 0 Å². The molecule has 2 rings (SSSR count). The highest BCUT2D eigenvalue weighted by atomic mass is 19.4. The molecule has 2 heterocycles. The van der Waals surface area contributed by atoms with Crippen LogP contribution in [0, 0.1) is 0 Å². The molecule has 2 N–H and O–H groups in total. The van der Waals surface area contributed by atoms with Gasteiger partial charge in [-0.3, -0.25) is 4.74 Å². The lowest BCUT2D eigenvalue weighted by atomic mass is 10.1. The normalized spacial score (nSPS) is 23.8. The fourth-order valence-electron chi connectivity index (χ4n) is 1.66. The molecule has 0 aliphatic carbocycles. The van der Waals surface area contributed by atoms with Crippen molar-refractivity contribution in [3.05, 3.63) is 5.89 Å². The van der Waals surface area contributed by atoms with Crippen molar-refractivity contribution in [1.29, 1.82) is 0 Å². The monoisotopic (exact) mass is 297 g/mol. The minimum absolute atomic E-state index is 0.00981. The summed E-state index contributed by atoms with van der Waals surface area (Å²) in [6.45, 7) is -0.615. The maximum absolute atomic E-state index is 11.7. The van der Waals surface area contributed by atoms with E-state index >= 15 is 0 Å².